The SMILES string of the molecule is FC(F)(F)c1ccnc(-n2ccnc2Nc2c(Cl)cccc2C(F)(F)F)c1. The Morgan fingerprint density at radius 2 is 1.67 bits per heavy atom. The first-order chi connectivity index (χ1) is 12.6. The molecule has 1 aromatic carbocycles. The molecule has 3 rings (SSSR count). The van der Waals surface area contributed by atoms with E-state index < -0.39 is 29.2 Å². The summed E-state index contributed by atoms with van der Waals surface area (Å²) in [4.78, 5) is 7.67. The van der Waals surface area contributed by atoms with Crippen molar-refractivity contribution in [2.45, 2.75) is 12.4 Å². The maximum atomic E-state index is 13.2. The average molecular weight is 407 g/mol. The Balaban J connectivity index is 2.04. The lowest BCUT2D eigenvalue weighted by molar-refractivity contribution is -0.138. The molecule has 0 bridgehead atoms. The topological polar surface area (TPSA) is 42.7 Å². The van der Waals surface area contributed by atoms with Crippen molar-refractivity contribution in [3.05, 3.63) is 65.1 Å². The van der Waals surface area contributed by atoms with Crippen LogP contribution in [0, 0.1) is 0 Å². The third-order valence-corrected chi connectivity index (χ3v) is 3.83. The van der Waals surface area contributed by atoms with Crippen LogP contribution in [0.5, 0.6) is 0 Å². The zero-order valence-corrected chi connectivity index (χ0v) is 13.9. The molecule has 0 aliphatic carbocycles. The van der Waals surface area contributed by atoms with Crippen LogP contribution in [0.15, 0.2) is 48.9 Å². The fourth-order valence-corrected chi connectivity index (χ4v) is 2.53. The molecule has 0 saturated carbocycles. The minimum absolute atomic E-state index is 0.176. The third-order valence-electron chi connectivity index (χ3n) is 3.52. The number of nitrogens with one attached hydrogen (secondary N) is 1. The van der Waals surface area contributed by atoms with E-state index in [4.69, 9.17) is 11.6 Å². The highest BCUT2D eigenvalue weighted by Crippen LogP contribution is 2.40. The first-order valence-corrected chi connectivity index (χ1v) is 7.65. The molecule has 4 nitrogen and oxygen atoms in total. The normalized spacial score (nSPS) is 12.3. The number of benzene rings is 1. The van der Waals surface area contributed by atoms with Crippen LogP contribution in [0.4, 0.5) is 38.0 Å². The van der Waals surface area contributed by atoms with Crippen LogP contribution in [-0.4, -0.2) is 14.5 Å². The summed E-state index contributed by atoms with van der Waals surface area (Å²) in [6, 6.07) is 4.74. The molecule has 0 atom stereocenters. The third kappa shape index (κ3) is 4.00. The lowest BCUT2D eigenvalue weighted by atomic mass is 10.1. The molecule has 27 heavy (non-hydrogen) atoms. The molecule has 0 radical (unpaired) electrons. The number of rotatable bonds is 3. The van der Waals surface area contributed by atoms with Crippen molar-refractivity contribution in [1.29, 1.82) is 0 Å². The maximum absolute atomic E-state index is 13.2. The van der Waals surface area contributed by atoms with Gasteiger partial charge in [-0.2, -0.15) is 26.3 Å². The minimum atomic E-state index is -4.70. The summed E-state index contributed by atoms with van der Waals surface area (Å²) in [6.07, 6.45) is -5.89. The van der Waals surface area contributed by atoms with Crippen molar-refractivity contribution in [1.82, 2.24) is 14.5 Å². The van der Waals surface area contributed by atoms with Crippen molar-refractivity contribution in [3.63, 3.8) is 0 Å². The van der Waals surface area contributed by atoms with Gasteiger partial charge in [0, 0.05) is 18.6 Å². The predicted octanol–water partition coefficient (Wildman–Crippen LogP) is 5.70. The number of alkyl halides is 6. The van der Waals surface area contributed by atoms with E-state index in [0.717, 1.165) is 35.0 Å². The van der Waals surface area contributed by atoms with Crippen molar-refractivity contribution < 1.29 is 26.3 Å². The van der Waals surface area contributed by atoms with E-state index in [0.29, 0.717) is 0 Å². The number of nitrogens with zero attached hydrogens (tertiary/aromatic N) is 3. The average Bonchev–Trinajstić information content (AvgIpc) is 3.03. The molecule has 0 fully saturated rings. The number of imidazole rings is 1. The molecule has 0 unspecified atom stereocenters. The Morgan fingerprint density at radius 3 is 2.33 bits per heavy atom. The van der Waals surface area contributed by atoms with Gasteiger partial charge < -0.3 is 5.32 Å². The molecule has 0 aliphatic rings. The van der Waals surface area contributed by atoms with Gasteiger partial charge in [-0.25, -0.2) is 9.97 Å². The largest absolute Gasteiger partial charge is 0.418 e. The second-order valence-electron chi connectivity index (χ2n) is 5.31. The van der Waals surface area contributed by atoms with Crippen LogP contribution >= 0.6 is 11.6 Å². The lowest BCUT2D eigenvalue weighted by Crippen LogP contribution is -2.12. The van der Waals surface area contributed by atoms with Gasteiger partial charge in [0.25, 0.3) is 0 Å². The van der Waals surface area contributed by atoms with Gasteiger partial charge >= 0.3 is 12.4 Å². The van der Waals surface area contributed by atoms with E-state index in [-0.39, 0.29) is 16.8 Å². The molecular weight excluding hydrogens is 398 g/mol. The Morgan fingerprint density at radius 1 is 0.926 bits per heavy atom. The van der Waals surface area contributed by atoms with Crippen LogP contribution in [-0.2, 0) is 12.4 Å². The summed E-state index contributed by atoms with van der Waals surface area (Å²) in [7, 11) is 0. The molecule has 2 heterocycles. The van der Waals surface area contributed by atoms with Crippen molar-refractivity contribution in [2.24, 2.45) is 0 Å². The number of aromatic nitrogens is 3. The molecule has 0 spiro atoms. The Kier molecular flexibility index (Phi) is 4.77. The molecule has 0 amide bonds. The summed E-state index contributed by atoms with van der Waals surface area (Å²) >= 11 is 5.87. The van der Waals surface area contributed by atoms with E-state index in [9.17, 15) is 26.3 Å². The van der Waals surface area contributed by atoms with Gasteiger partial charge in [-0.05, 0) is 24.3 Å². The standard InChI is InChI=1S/C16H9ClF6N4/c17-11-3-1-2-10(16(21,22)23)13(11)26-14-25-6-7-27(14)12-8-9(4-5-24-12)15(18,19)20/h1-8H,(H,25,26). The second-order valence-corrected chi connectivity index (χ2v) is 5.71. The molecule has 1 N–H and O–H groups in total. The van der Waals surface area contributed by atoms with Gasteiger partial charge in [0.1, 0.15) is 5.82 Å². The van der Waals surface area contributed by atoms with Gasteiger partial charge in [0.2, 0.25) is 5.95 Å². The second kappa shape index (κ2) is 6.76. The van der Waals surface area contributed by atoms with E-state index in [2.05, 4.69) is 15.3 Å². The Hall–Kier alpha value is -2.75. The van der Waals surface area contributed by atoms with Crippen LogP contribution in [0.3, 0.4) is 0 Å². The summed E-state index contributed by atoms with van der Waals surface area (Å²) in [6.45, 7) is 0. The van der Waals surface area contributed by atoms with Gasteiger partial charge in [-0.15, -0.1) is 0 Å². The van der Waals surface area contributed by atoms with Crippen LogP contribution in [0.1, 0.15) is 11.1 Å². The molecule has 0 saturated heterocycles. The lowest BCUT2D eigenvalue weighted by Gasteiger charge is -2.16. The predicted molar refractivity (Wildman–Crippen MR) is 86.1 cm³/mol. The highest BCUT2D eigenvalue weighted by Gasteiger charge is 2.35. The van der Waals surface area contributed by atoms with E-state index >= 15 is 0 Å². The number of para-hydroxylation sites is 1. The van der Waals surface area contributed by atoms with Crippen LogP contribution < -0.4 is 5.32 Å². The zero-order valence-electron chi connectivity index (χ0n) is 13.1. The maximum Gasteiger partial charge on any atom is 0.418 e. The first-order valence-electron chi connectivity index (χ1n) is 7.27. The highest BCUT2D eigenvalue weighted by molar-refractivity contribution is 6.33. The summed E-state index contributed by atoms with van der Waals surface area (Å²) < 4.78 is 79.3. The first kappa shape index (κ1) is 19.0. The quantitative estimate of drug-likeness (QED) is 0.567. The van der Waals surface area contributed by atoms with Gasteiger partial charge in [0.15, 0.2) is 0 Å². The van der Waals surface area contributed by atoms with Crippen LogP contribution in [0.25, 0.3) is 5.82 Å². The minimum Gasteiger partial charge on any atom is -0.323 e. The smallest absolute Gasteiger partial charge is 0.323 e. The van der Waals surface area contributed by atoms with E-state index in [1.807, 2.05) is 0 Å². The van der Waals surface area contributed by atoms with Crippen molar-refractivity contribution in [2.75, 3.05) is 5.32 Å². The number of hydrogen-bond acceptors (Lipinski definition) is 3. The van der Waals surface area contributed by atoms with Crippen LogP contribution in [0.2, 0.25) is 5.02 Å². The Bertz CT molecular complexity index is 964. The molecule has 2 aromatic heterocycles. The van der Waals surface area contributed by atoms with Gasteiger partial charge in [0.05, 0.1) is 21.8 Å². The number of pyridine rings is 1. The number of hydrogen-bond donors (Lipinski definition) is 1. The monoisotopic (exact) mass is 406 g/mol. The number of halogens is 7. The summed E-state index contributed by atoms with van der Waals surface area (Å²) in [5, 5.41) is 2.21. The summed E-state index contributed by atoms with van der Waals surface area (Å²) in [5.41, 5.74) is -2.46. The van der Waals surface area contributed by atoms with Gasteiger partial charge in [-0.3, -0.25) is 4.57 Å². The zero-order chi connectivity index (χ0) is 19.8. The van der Waals surface area contributed by atoms with E-state index in [1.165, 1.54) is 18.5 Å². The molecule has 11 heteroatoms. The Labute approximate surface area is 153 Å². The summed E-state index contributed by atoms with van der Waals surface area (Å²) in [5.74, 6) is -0.356. The van der Waals surface area contributed by atoms with Crippen molar-refractivity contribution in [3.8, 4) is 5.82 Å². The fourth-order valence-electron chi connectivity index (χ4n) is 2.31. The molecule has 142 valence electrons. The fraction of sp³-hybridized carbons (Fsp3) is 0.125. The molecule has 0 aliphatic heterocycles. The van der Waals surface area contributed by atoms with Crippen molar-refractivity contribution >= 4 is 23.2 Å². The van der Waals surface area contributed by atoms with E-state index in [1.54, 1.807) is 0 Å². The highest BCUT2D eigenvalue weighted by atomic mass is 35.5. The van der Waals surface area contributed by atoms with Gasteiger partial charge in [-0.1, -0.05) is 17.7 Å². The molecular formula is C16H9ClF6N4. The number of anilines is 2. The molecule has 3 aromatic rings.